The van der Waals surface area contributed by atoms with E-state index in [4.69, 9.17) is 23.2 Å². The summed E-state index contributed by atoms with van der Waals surface area (Å²) in [6.45, 7) is 3.12. The van der Waals surface area contributed by atoms with Crippen molar-refractivity contribution in [3.63, 3.8) is 0 Å². The summed E-state index contributed by atoms with van der Waals surface area (Å²) < 4.78 is 26.7. The molecule has 1 aromatic carbocycles. The average molecular weight is 322 g/mol. The fraction of sp³-hybridized carbons (Fsp3) is 0.538. The van der Waals surface area contributed by atoms with Gasteiger partial charge in [0.25, 0.3) is 0 Å². The van der Waals surface area contributed by atoms with E-state index in [1.807, 2.05) is 6.92 Å². The minimum absolute atomic E-state index is 0.219. The van der Waals surface area contributed by atoms with E-state index in [1.54, 1.807) is 4.31 Å². The number of nitrogens with zero attached hydrogens (tertiary/aromatic N) is 1. The van der Waals surface area contributed by atoms with Crippen LogP contribution in [0.1, 0.15) is 26.2 Å². The Labute approximate surface area is 124 Å². The SMILES string of the molecule is CCCN(CC1CC1)S(=O)(=O)c1ccc(Cl)c(Cl)c1. The van der Waals surface area contributed by atoms with E-state index >= 15 is 0 Å². The standard InChI is InChI=1S/C13H17Cl2NO2S/c1-2-7-16(9-10-3-4-10)19(17,18)11-5-6-12(14)13(15)8-11/h5-6,8,10H,2-4,7,9H2,1H3. The Morgan fingerprint density at radius 3 is 2.47 bits per heavy atom. The molecule has 2 rings (SSSR count). The molecular formula is C13H17Cl2NO2S. The van der Waals surface area contributed by atoms with Crippen molar-refractivity contribution >= 4 is 33.2 Å². The van der Waals surface area contributed by atoms with Crippen LogP contribution < -0.4 is 0 Å². The number of hydrogen-bond donors (Lipinski definition) is 0. The van der Waals surface area contributed by atoms with Crippen molar-refractivity contribution in [2.75, 3.05) is 13.1 Å². The average Bonchev–Trinajstić information content (AvgIpc) is 3.16. The second-order valence-corrected chi connectivity index (χ2v) is 7.63. The first-order valence-electron chi connectivity index (χ1n) is 6.40. The maximum atomic E-state index is 12.6. The van der Waals surface area contributed by atoms with Gasteiger partial charge in [-0.05, 0) is 43.4 Å². The van der Waals surface area contributed by atoms with Gasteiger partial charge >= 0.3 is 0 Å². The minimum atomic E-state index is -3.47. The van der Waals surface area contributed by atoms with Gasteiger partial charge in [-0.25, -0.2) is 8.42 Å². The minimum Gasteiger partial charge on any atom is -0.207 e. The van der Waals surface area contributed by atoms with E-state index in [9.17, 15) is 8.42 Å². The lowest BCUT2D eigenvalue weighted by atomic mass is 10.4. The summed E-state index contributed by atoms with van der Waals surface area (Å²) in [6, 6.07) is 4.46. The van der Waals surface area contributed by atoms with E-state index in [0.29, 0.717) is 24.0 Å². The Bertz CT molecular complexity index is 556. The van der Waals surface area contributed by atoms with Crippen molar-refractivity contribution in [1.82, 2.24) is 4.31 Å². The van der Waals surface area contributed by atoms with Gasteiger partial charge in [-0.1, -0.05) is 30.1 Å². The quantitative estimate of drug-likeness (QED) is 0.799. The van der Waals surface area contributed by atoms with Gasteiger partial charge in [0, 0.05) is 13.1 Å². The third-order valence-corrected chi connectivity index (χ3v) is 5.76. The van der Waals surface area contributed by atoms with E-state index in [1.165, 1.54) is 18.2 Å². The predicted molar refractivity (Wildman–Crippen MR) is 78.2 cm³/mol. The summed E-state index contributed by atoms with van der Waals surface area (Å²) in [5, 5.41) is 0.635. The number of rotatable bonds is 6. The van der Waals surface area contributed by atoms with Crippen molar-refractivity contribution in [3.05, 3.63) is 28.2 Å². The van der Waals surface area contributed by atoms with Gasteiger partial charge in [-0.3, -0.25) is 0 Å². The van der Waals surface area contributed by atoms with Gasteiger partial charge in [0.05, 0.1) is 14.9 Å². The lowest BCUT2D eigenvalue weighted by Crippen LogP contribution is -2.33. The molecule has 3 nitrogen and oxygen atoms in total. The number of sulfonamides is 1. The molecule has 0 spiro atoms. The zero-order valence-corrected chi connectivity index (χ0v) is 13.1. The molecule has 0 atom stereocenters. The molecule has 0 heterocycles. The van der Waals surface area contributed by atoms with Gasteiger partial charge in [-0.2, -0.15) is 4.31 Å². The van der Waals surface area contributed by atoms with Crippen LogP contribution in [0.3, 0.4) is 0 Å². The monoisotopic (exact) mass is 321 g/mol. The third kappa shape index (κ3) is 3.63. The van der Waals surface area contributed by atoms with Gasteiger partial charge in [-0.15, -0.1) is 0 Å². The van der Waals surface area contributed by atoms with Crippen LogP contribution in [0.4, 0.5) is 0 Å². The van der Waals surface area contributed by atoms with Gasteiger partial charge in [0.15, 0.2) is 0 Å². The van der Waals surface area contributed by atoms with Crippen LogP contribution in [0.15, 0.2) is 23.1 Å². The summed E-state index contributed by atoms with van der Waals surface area (Å²) in [5.74, 6) is 0.518. The molecule has 1 fully saturated rings. The summed E-state index contributed by atoms with van der Waals surface area (Å²) in [6.07, 6.45) is 3.04. The maximum absolute atomic E-state index is 12.6. The number of halogens is 2. The lowest BCUT2D eigenvalue weighted by Gasteiger charge is -2.21. The Kier molecular flexibility index (Phi) is 4.77. The van der Waals surface area contributed by atoms with Crippen LogP contribution in [0.25, 0.3) is 0 Å². The van der Waals surface area contributed by atoms with Gasteiger partial charge in [0.1, 0.15) is 0 Å². The highest BCUT2D eigenvalue weighted by Gasteiger charge is 2.31. The molecule has 0 saturated heterocycles. The molecule has 0 amide bonds. The lowest BCUT2D eigenvalue weighted by molar-refractivity contribution is 0.395. The Morgan fingerprint density at radius 1 is 1.26 bits per heavy atom. The van der Waals surface area contributed by atoms with E-state index in [-0.39, 0.29) is 9.92 Å². The zero-order chi connectivity index (χ0) is 14.0. The van der Waals surface area contributed by atoms with E-state index in [0.717, 1.165) is 19.3 Å². The van der Waals surface area contributed by atoms with Gasteiger partial charge < -0.3 is 0 Å². The molecule has 0 N–H and O–H groups in total. The van der Waals surface area contributed by atoms with Crippen LogP contribution in [0, 0.1) is 5.92 Å². The second kappa shape index (κ2) is 6.00. The van der Waals surface area contributed by atoms with Crippen LogP contribution in [-0.4, -0.2) is 25.8 Å². The first-order valence-corrected chi connectivity index (χ1v) is 8.60. The molecule has 0 bridgehead atoms. The van der Waals surface area contributed by atoms with E-state index in [2.05, 4.69) is 0 Å². The van der Waals surface area contributed by atoms with Crippen LogP contribution in [0.5, 0.6) is 0 Å². The molecule has 0 aliphatic heterocycles. The molecule has 6 heteroatoms. The third-order valence-electron chi connectivity index (χ3n) is 3.16. The van der Waals surface area contributed by atoms with Crippen molar-refractivity contribution in [2.24, 2.45) is 5.92 Å². The first kappa shape index (κ1) is 15.1. The highest BCUT2D eigenvalue weighted by atomic mass is 35.5. The smallest absolute Gasteiger partial charge is 0.207 e. The molecule has 106 valence electrons. The van der Waals surface area contributed by atoms with Crippen molar-refractivity contribution < 1.29 is 8.42 Å². The molecule has 0 unspecified atom stereocenters. The molecule has 1 saturated carbocycles. The fourth-order valence-corrected chi connectivity index (χ4v) is 3.93. The topological polar surface area (TPSA) is 37.4 Å². The second-order valence-electron chi connectivity index (χ2n) is 4.88. The first-order chi connectivity index (χ1) is 8.95. The van der Waals surface area contributed by atoms with Crippen LogP contribution in [0.2, 0.25) is 10.0 Å². The molecule has 1 aromatic rings. The number of hydrogen-bond acceptors (Lipinski definition) is 2. The van der Waals surface area contributed by atoms with Crippen LogP contribution in [-0.2, 0) is 10.0 Å². The van der Waals surface area contributed by atoms with Crippen molar-refractivity contribution in [1.29, 1.82) is 0 Å². The Balaban J connectivity index is 2.28. The molecule has 1 aliphatic carbocycles. The largest absolute Gasteiger partial charge is 0.243 e. The summed E-state index contributed by atoms with van der Waals surface area (Å²) in [4.78, 5) is 0.219. The maximum Gasteiger partial charge on any atom is 0.243 e. The fourth-order valence-electron chi connectivity index (χ4n) is 1.93. The molecule has 0 aromatic heterocycles. The zero-order valence-electron chi connectivity index (χ0n) is 10.8. The Morgan fingerprint density at radius 2 is 1.95 bits per heavy atom. The normalized spacial score (nSPS) is 16.0. The molecular weight excluding hydrogens is 305 g/mol. The molecule has 1 aliphatic rings. The van der Waals surface area contributed by atoms with Gasteiger partial charge in [0.2, 0.25) is 10.0 Å². The highest BCUT2D eigenvalue weighted by Crippen LogP contribution is 2.32. The summed E-state index contributed by atoms with van der Waals surface area (Å²) >= 11 is 11.7. The van der Waals surface area contributed by atoms with Crippen LogP contribution >= 0.6 is 23.2 Å². The Hall–Kier alpha value is -0.290. The summed E-state index contributed by atoms with van der Waals surface area (Å²) in [5.41, 5.74) is 0. The van der Waals surface area contributed by atoms with E-state index < -0.39 is 10.0 Å². The molecule has 0 radical (unpaired) electrons. The highest BCUT2D eigenvalue weighted by molar-refractivity contribution is 7.89. The van der Waals surface area contributed by atoms with Crippen molar-refractivity contribution in [2.45, 2.75) is 31.1 Å². The molecule has 19 heavy (non-hydrogen) atoms. The predicted octanol–water partition coefficient (Wildman–Crippen LogP) is 3.80. The summed E-state index contributed by atoms with van der Waals surface area (Å²) in [7, 11) is -3.47. The number of benzene rings is 1. The van der Waals surface area contributed by atoms with Crippen molar-refractivity contribution in [3.8, 4) is 0 Å².